The van der Waals surface area contributed by atoms with Crippen LogP contribution in [0.4, 0.5) is 0 Å². The van der Waals surface area contributed by atoms with Gasteiger partial charge in [0.05, 0.1) is 0 Å². The first kappa shape index (κ1) is 16.9. The fourth-order valence-corrected chi connectivity index (χ4v) is 6.10. The van der Waals surface area contributed by atoms with Crippen LogP contribution in [0.3, 0.4) is 0 Å². The first-order chi connectivity index (χ1) is 8.99. The third-order valence-electron chi connectivity index (χ3n) is 4.65. The number of hydrogen-bond acceptors (Lipinski definition) is 2. The highest BCUT2D eigenvalue weighted by Crippen LogP contribution is 2.38. The van der Waals surface area contributed by atoms with E-state index in [0.29, 0.717) is 5.92 Å². The molecule has 1 aliphatic rings. The SMILES string of the molecule is CCCC[Si](C)(C)OC(C=O)(CC)C1CCCCC1. The largest absolute Gasteiger partial charge is 0.405 e. The van der Waals surface area contributed by atoms with Crippen LogP contribution in [0.2, 0.25) is 19.1 Å². The molecule has 0 aromatic carbocycles. The molecule has 0 N–H and O–H groups in total. The minimum atomic E-state index is -1.72. The number of carbonyl (C=O) groups is 1. The van der Waals surface area contributed by atoms with E-state index in [1.807, 2.05) is 0 Å². The molecule has 0 spiro atoms. The summed E-state index contributed by atoms with van der Waals surface area (Å²) in [6.07, 6.45) is 10.6. The highest BCUT2D eigenvalue weighted by atomic mass is 28.4. The Kier molecular flexibility index (Phi) is 6.74. The van der Waals surface area contributed by atoms with Crippen LogP contribution >= 0.6 is 0 Å². The van der Waals surface area contributed by atoms with E-state index in [0.717, 1.165) is 12.7 Å². The molecule has 1 atom stereocenters. The Labute approximate surface area is 120 Å². The fraction of sp³-hybridized carbons (Fsp3) is 0.938. The number of hydrogen-bond donors (Lipinski definition) is 0. The molecule has 0 saturated heterocycles. The average molecular weight is 285 g/mol. The van der Waals surface area contributed by atoms with Gasteiger partial charge >= 0.3 is 0 Å². The van der Waals surface area contributed by atoms with Crippen LogP contribution in [0.5, 0.6) is 0 Å². The van der Waals surface area contributed by atoms with E-state index in [9.17, 15) is 4.79 Å². The summed E-state index contributed by atoms with van der Waals surface area (Å²) in [6, 6.07) is 1.17. The Bertz CT molecular complexity index is 272. The van der Waals surface area contributed by atoms with Gasteiger partial charge in [-0.3, -0.25) is 0 Å². The molecule has 2 nitrogen and oxygen atoms in total. The minimum Gasteiger partial charge on any atom is -0.405 e. The van der Waals surface area contributed by atoms with Crippen molar-refractivity contribution in [3.8, 4) is 0 Å². The van der Waals surface area contributed by atoms with Crippen molar-refractivity contribution in [2.75, 3.05) is 0 Å². The average Bonchev–Trinajstić information content (AvgIpc) is 2.44. The van der Waals surface area contributed by atoms with E-state index in [1.165, 1.54) is 51.0 Å². The Morgan fingerprint density at radius 3 is 2.32 bits per heavy atom. The molecule has 1 rings (SSSR count). The van der Waals surface area contributed by atoms with Crippen molar-refractivity contribution in [3.05, 3.63) is 0 Å². The maximum absolute atomic E-state index is 11.8. The van der Waals surface area contributed by atoms with Crippen molar-refractivity contribution in [1.82, 2.24) is 0 Å². The molecule has 1 saturated carbocycles. The van der Waals surface area contributed by atoms with Crippen molar-refractivity contribution in [3.63, 3.8) is 0 Å². The second-order valence-corrected chi connectivity index (χ2v) is 11.0. The highest BCUT2D eigenvalue weighted by molar-refractivity contribution is 6.71. The lowest BCUT2D eigenvalue weighted by Crippen LogP contribution is -2.50. The van der Waals surface area contributed by atoms with Crippen molar-refractivity contribution in [1.29, 1.82) is 0 Å². The molecule has 0 aromatic rings. The molecule has 0 aliphatic heterocycles. The summed E-state index contributed by atoms with van der Waals surface area (Å²) in [5, 5.41) is 0. The van der Waals surface area contributed by atoms with Crippen LogP contribution in [0.25, 0.3) is 0 Å². The Morgan fingerprint density at radius 1 is 1.21 bits per heavy atom. The molecule has 0 aromatic heterocycles. The lowest BCUT2D eigenvalue weighted by Gasteiger charge is -2.43. The van der Waals surface area contributed by atoms with Gasteiger partial charge in [0.1, 0.15) is 5.60 Å². The van der Waals surface area contributed by atoms with Gasteiger partial charge in [0.2, 0.25) is 0 Å². The Balaban J connectivity index is 2.76. The molecule has 0 radical (unpaired) electrons. The van der Waals surface area contributed by atoms with Gasteiger partial charge in [0, 0.05) is 0 Å². The fourth-order valence-electron chi connectivity index (χ4n) is 3.41. The zero-order chi connectivity index (χ0) is 14.4. The topological polar surface area (TPSA) is 26.3 Å². The van der Waals surface area contributed by atoms with E-state index in [-0.39, 0.29) is 0 Å². The summed E-state index contributed by atoms with van der Waals surface area (Å²) < 4.78 is 6.54. The van der Waals surface area contributed by atoms with Gasteiger partial charge < -0.3 is 9.22 Å². The van der Waals surface area contributed by atoms with E-state index in [4.69, 9.17) is 4.43 Å². The third-order valence-corrected chi connectivity index (χ3v) is 7.14. The summed E-state index contributed by atoms with van der Waals surface area (Å²) in [6.45, 7) is 8.89. The first-order valence-electron chi connectivity index (χ1n) is 8.16. The summed E-state index contributed by atoms with van der Waals surface area (Å²) in [7, 11) is -1.72. The van der Waals surface area contributed by atoms with Gasteiger partial charge in [-0.2, -0.15) is 0 Å². The summed E-state index contributed by atoms with van der Waals surface area (Å²) in [5.41, 5.74) is -0.482. The molecule has 0 bridgehead atoms. The number of aldehydes is 1. The second kappa shape index (κ2) is 7.58. The zero-order valence-corrected chi connectivity index (χ0v) is 14.3. The normalized spacial score (nSPS) is 21.1. The van der Waals surface area contributed by atoms with E-state index in [2.05, 4.69) is 26.9 Å². The van der Waals surface area contributed by atoms with E-state index in [1.54, 1.807) is 0 Å². The number of rotatable bonds is 8. The van der Waals surface area contributed by atoms with Gasteiger partial charge in [0.15, 0.2) is 14.6 Å². The van der Waals surface area contributed by atoms with Crippen LogP contribution in [0.15, 0.2) is 0 Å². The van der Waals surface area contributed by atoms with Crippen LogP contribution in [-0.4, -0.2) is 20.2 Å². The molecular formula is C16H32O2Si. The van der Waals surface area contributed by atoms with E-state index >= 15 is 0 Å². The first-order valence-corrected chi connectivity index (χ1v) is 11.3. The number of carbonyl (C=O) groups excluding carboxylic acids is 1. The van der Waals surface area contributed by atoms with Crippen LogP contribution in [-0.2, 0) is 9.22 Å². The zero-order valence-electron chi connectivity index (χ0n) is 13.3. The van der Waals surface area contributed by atoms with Crippen LogP contribution < -0.4 is 0 Å². The predicted octanol–water partition coefficient (Wildman–Crippen LogP) is 4.94. The van der Waals surface area contributed by atoms with Crippen molar-refractivity contribution in [2.45, 2.75) is 90.0 Å². The molecule has 0 heterocycles. The second-order valence-electron chi connectivity index (χ2n) is 6.73. The molecule has 0 amide bonds. The standard InChI is InChI=1S/C16H32O2Si/c1-5-7-13-19(3,4)18-16(6-2,14-17)15-11-9-8-10-12-15/h14-15H,5-13H2,1-4H3. The van der Waals surface area contributed by atoms with Gasteiger partial charge in [-0.25, -0.2) is 0 Å². The van der Waals surface area contributed by atoms with Crippen molar-refractivity contribution >= 4 is 14.6 Å². The third kappa shape index (κ3) is 4.71. The van der Waals surface area contributed by atoms with E-state index < -0.39 is 13.9 Å². The van der Waals surface area contributed by atoms with Crippen molar-refractivity contribution in [2.24, 2.45) is 5.92 Å². The Morgan fingerprint density at radius 2 is 1.84 bits per heavy atom. The molecule has 1 unspecified atom stereocenters. The van der Waals surface area contributed by atoms with Crippen LogP contribution in [0, 0.1) is 5.92 Å². The van der Waals surface area contributed by atoms with Crippen LogP contribution in [0.1, 0.15) is 65.2 Å². The lowest BCUT2D eigenvalue weighted by molar-refractivity contribution is -0.129. The maximum Gasteiger partial charge on any atom is 0.188 e. The highest BCUT2D eigenvalue weighted by Gasteiger charge is 2.42. The number of unbranched alkanes of at least 4 members (excludes halogenated alkanes) is 1. The molecule has 3 heteroatoms. The summed E-state index contributed by atoms with van der Waals surface area (Å²) in [4.78, 5) is 11.8. The monoisotopic (exact) mass is 284 g/mol. The predicted molar refractivity (Wildman–Crippen MR) is 83.9 cm³/mol. The quantitative estimate of drug-likeness (QED) is 0.466. The summed E-state index contributed by atoms with van der Waals surface area (Å²) >= 11 is 0. The minimum absolute atomic E-state index is 0.456. The van der Waals surface area contributed by atoms with Gasteiger partial charge in [-0.05, 0) is 44.3 Å². The molecular weight excluding hydrogens is 252 g/mol. The summed E-state index contributed by atoms with van der Waals surface area (Å²) in [5.74, 6) is 0.456. The molecule has 19 heavy (non-hydrogen) atoms. The maximum atomic E-state index is 11.8. The molecule has 112 valence electrons. The lowest BCUT2D eigenvalue weighted by atomic mass is 9.76. The van der Waals surface area contributed by atoms with Gasteiger partial charge in [0.25, 0.3) is 0 Å². The van der Waals surface area contributed by atoms with Gasteiger partial charge in [-0.1, -0.05) is 46.0 Å². The van der Waals surface area contributed by atoms with Crippen molar-refractivity contribution < 1.29 is 9.22 Å². The molecule has 1 fully saturated rings. The Hall–Kier alpha value is -0.153. The molecule has 1 aliphatic carbocycles. The van der Waals surface area contributed by atoms with Gasteiger partial charge in [-0.15, -0.1) is 0 Å². The smallest absolute Gasteiger partial charge is 0.188 e.